The molecule has 28 heavy (non-hydrogen) atoms. The lowest BCUT2D eigenvalue weighted by Crippen LogP contribution is -2.41. The third kappa shape index (κ3) is 5.38. The van der Waals surface area contributed by atoms with E-state index in [4.69, 9.17) is 11.6 Å². The summed E-state index contributed by atoms with van der Waals surface area (Å²) in [4.78, 5) is 25.5. The van der Waals surface area contributed by atoms with Crippen molar-refractivity contribution in [2.45, 2.75) is 17.6 Å². The molecule has 0 saturated carbocycles. The van der Waals surface area contributed by atoms with Crippen molar-refractivity contribution in [3.63, 3.8) is 0 Å². The Morgan fingerprint density at radius 2 is 1.50 bits per heavy atom. The van der Waals surface area contributed by atoms with Gasteiger partial charge in [-0.25, -0.2) is 0 Å². The van der Waals surface area contributed by atoms with Crippen molar-refractivity contribution >= 4 is 35.2 Å². The molecule has 0 unspecified atom stereocenters. The number of amides is 2. The Hall–Kier alpha value is -2.76. The lowest BCUT2D eigenvalue weighted by atomic mass is 10.1. The van der Waals surface area contributed by atoms with Crippen LogP contribution in [0, 0.1) is 6.92 Å². The normalized spacial score (nSPS) is 10.4. The maximum atomic E-state index is 12.2. The number of carbonyl (C=O) groups is 2. The Kier molecular flexibility index (Phi) is 6.74. The van der Waals surface area contributed by atoms with Crippen LogP contribution in [0.4, 0.5) is 0 Å². The maximum Gasteiger partial charge on any atom is 0.269 e. The number of carbonyl (C=O) groups excluding carboxylic acids is 2. The van der Waals surface area contributed by atoms with E-state index in [-0.39, 0.29) is 11.8 Å². The fourth-order valence-corrected chi connectivity index (χ4v) is 3.51. The maximum absolute atomic E-state index is 12.2. The molecule has 2 amide bonds. The fraction of sp³-hybridized carbons (Fsp3) is 0.0909. The first-order chi connectivity index (χ1) is 13.5. The van der Waals surface area contributed by atoms with Crippen LogP contribution in [0.1, 0.15) is 31.8 Å². The zero-order chi connectivity index (χ0) is 19.9. The molecule has 0 aliphatic carbocycles. The quantitative estimate of drug-likeness (QED) is 0.459. The molecule has 3 aromatic rings. The van der Waals surface area contributed by atoms with Crippen LogP contribution in [0.3, 0.4) is 0 Å². The van der Waals surface area contributed by atoms with Crippen molar-refractivity contribution in [3.05, 3.63) is 100 Å². The van der Waals surface area contributed by atoms with Crippen molar-refractivity contribution in [1.29, 1.82) is 0 Å². The van der Waals surface area contributed by atoms with Crippen molar-refractivity contribution in [3.8, 4) is 0 Å². The Bertz CT molecular complexity index is 973. The van der Waals surface area contributed by atoms with Gasteiger partial charge in [0, 0.05) is 26.8 Å². The number of benzene rings is 3. The predicted molar refractivity (Wildman–Crippen MR) is 114 cm³/mol. The predicted octanol–water partition coefficient (Wildman–Crippen LogP) is 5.02. The summed E-state index contributed by atoms with van der Waals surface area (Å²) < 4.78 is 0. The second kappa shape index (κ2) is 9.44. The highest BCUT2D eigenvalue weighted by Gasteiger charge is 2.10. The van der Waals surface area contributed by atoms with Gasteiger partial charge in [0.2, 0.25) is 0 Å². The number of aryl methyl sites for hydroxylation is 1. The minimum absolute atomic E-state index is 0.345. The SMILES string of the molecule is Cc1ccccc1C(=O)NNC(=O)c1ccc(CSc2ccc(Cl)cc2)cc1. The minimum atomic E-state index is -0.362. The molecule has 0 fully saturated rings. The second-order valence-corrected chi connectivity index (χ2v) is 7.65. The van der Waals surface area contributed by atoms with Gasteiger partial charge < -0.3 is 0 Å². The van der Waals surface area contributed by atoms with E-state index in [2.05, 4.69) is 10.9 Å². The van der Waals surface area contributed by atoms with Crippen molar-refractivity contribution in [2.24, 2.45) is 0 Å². The third-order valence-electron chi connectivity index (χ3n) is 4.11. The molecule has 0 saturated heterocycles. The van der Waals surface area contributed by atoms with Crippen LogP contribution in [-0.4, -0.2) is 11.8 Å². The van der Waals surface area contributed by atoms with E-state index in [1.54, 1.807) is 36.0 Å². The standard InChI is InChI=1S/C22H19ClN2O2S/c1-15-4-2-3-5-20(15)22(27)25-24-21(26)17-8-6-16(7-9-17)14-28-19-12-10-18(23)11-13-19/h2-13H,14H2,1H3,(H,24,26)(H,25,27). The van der Waals surface area contributed by atoms with Gasteiger partial charge in [0.25, 0.3) is 11.8 Å². The fourth-order valence-electron chi connectivity index (χ4n) is 2.53. The van der Waals surface area contributed by atoms with Crippen LogP contribution in [0.2, 0.25) is 5.02 Å². The Balaban J connectivity index is 1.52. The molecule has 142 valence electrons. The zero-order valence-corrected chi connectivity index (χ0v) is 16.8. The summed E-state index contributed by atoms with van der Waals surface area (Å²) in [7, 11) is 0. The first-order valence-electron chi connectivity index (χ1n) is 8.66. The molecule has 4 nitrogen and oxygen atoms in total. The number of rotatable bonds is 5. The number of hydrogen-bond acceptors (Lipinski definition) is 3. The van der Waals surface area contributed by atoms with Crippen LogP contribution in [0.5, 0.6) is 0 Å². The average molecular weight is 411 g/mol. The lowest BCUT2D eigenvalue weighted by Gasteiger charge is -2.09. The van der Waals surface area contributed by atoms with E-state index in [1.807, 2.05) is 55.5 Å². The molecule has 0 aromatic heterocycles. The number of hydrogen-bond donors (Lipinski definition) is 2. The third-order valence-corrected chi connectivity index (χ3v) is 5.45. The van der Waals surface area contributed by atoms with Gasteiger partial charge in [0.05, 0.1) is 0 Å². The summed E-state index contributed by atoms with van der Waals surface area (Å²) >= 11 is 7.58. The topological polar surface area (TPSA) is 58.2 Å². The van der Waals surface area contributed by atoms with Crippen molar-refractivity contribution < 1.29 is 9.59 Å². The molecule has 0 heterocycles. The molecular formula is C22H19ClN2O2S. The molecule has 6 heteroatoms. The number of thioether (sulfide) groups is 1. The highest BCUT2D eigenvalue weighted by Crippen LogP contribution is 2.24. The summed E-state index contributed by atoms with van der Waals surface area (Å²) in [5.74, 6) is 0.0781. The van der Waals surface area contributed by atoms with Crippen LogP contribution in [-0.2, 0) is 5.75 Å². The molecule has 0 spiro atoms. The molecule has 0 atom stereocenters. The Labute approximate surface area is 173 Å². The van der Waals surface area contributed by atoms with Crippen LogP contribution >= 0.6 is 23.4 Å². The van der Waals surface area contributed by atoms with Gasteiger partial charge in [-0.2, -0.15) is 0 Å². The van der Waals surface area contributed by atoms with Gasteiger partial charge in [0.1, 0.15) is 0 Å². The van der Waals surface area contributed by atoms with E-state index < -0.39 is 0 Å². The van der Waals surface area contributed by atoms with Crippen molar-refractivity contribution in [2.75, 3.05) is 0 Å². The molecule has 2 N–H and O–H groups in total. The molecular weight excluding hydrogens is 392 g/mol. The highest BCUT2D eigenvalue weighted by atomic mass is 35.5. The first kappa shape index (κ1) is 20.0. The van der Waals surface area contributed by atoms with Gasteiger partial charge in [-0.15, -0.1) is 11.8 Å². The monoisotopic (exact) mass is 410 g/mol. The largest absolute Gasteiger partial charge is 0.269 e. The number of halogens is 1. The average Bonchev–Trinajstić information content (AvgIpc) is 2.72. The van der Waals surface area contributed by atoms with E-state index in [9.17, 15) is 9.59 Å². The molecule has 0 aliphatic rings. The van der Waals surface area contributed by atoms with Crippen molar-refractivity contribution in [1.82, 2.24) is 10.9 Å². The molecule has 3 rings (SSSR count). The Morgan fingerprint density at radius 1 is 0.857 bits per heavy atom. The van der Waals surface area contributed by atoms with Gasteiger partial charge in [-0.1, -0.05) is 41.9 Å². The Morgan fingerprint density at radius 3 is 2.18 bits per heavy atom. The molecule has 0 aliphatic heterocycles. The van der Waals surface area contributed by atoms with Gasteiger partial charge in [-0.05, 0) is 60.5 Å². The van der Waals surface area contributed by atoms with E-state index in [0.29, 0.717) is 16.1 Å². The molecule has 0 bridgehead atoms. The van der Waals surface area contributed by atoms with Gasteiger partial charge in [0.15, 0.2) is 0 Å². The van der Waals surface area contributed by atoms with Crippen LogP contribution in [0.15, 0.2) is 77.7 Å². The molecule has 0 radical (unpaired) electrons. The van der Waals surface area contributed by atoms with Crippen LogP contribution in [0.25, 0.3) is 0 Å². The van der Waals surface area contributed by atoms with E-state index >= 15 is 0 Å². The lowest BCUT2D eigenvalue weighted by molar-refractivity contribution is 0.0846. The summed E-state index contributed by atoms with van der Waals surface area (Å²) in [6, 6.07) is 22.2. The summed E-state index contributed by atoms with van der Waals surface area (Å²) in [5, 5.41) is 0.717. The zero-order valence-electron chi connectivity index (χ0n) is 15.2. The second-order valence-electron chi connectivity index (χ2n) is 6.16. The van der Waals surface area contributed by atoms with E-state index in [1.165, 1.54) is 0 Å². The number of hydrazine groups is 1. The van der Waals surface area contributed by atoms with Gasteiger partial charge in [-0.3, -0.25) is 20.4 Å². The van der Waals surface area contributed by atoms with Crippen LogP contribution < -0.4 is 10.9 Å². The summed E-state index contributed by atoms with van der Waals surface area (Å²) in [6.07, 6.45) is 0. The number of nitrogens with one attached hydrogen (secondary N) is 2. The molecule has 3 aromatic carbocycles. The first-order valence-corrected chi connectivity index (χ1v) is 10.0. The minimum Gasteiger partial charge on any atom is -0.267 e. The van der Waals surface area contributed by atoms with Gasteiger partial charge >= 0.3 is 0 Å². The highest BCUT2D eigenvalue weighted by molar-refractivity contribution is 7.98. The summed E-state index contributed by atoms with van der Waals surface area (Å²) in [5.41, 5.74) is 7.85. The smallest absolute Gasteiger partial charge is 0.267 e. The van der Waals surface area contributed by atoms with E-state index in [0.717, 1.165) is 21.8 Å². The summed E-state index contributed by atoms with van der Waals surface area (Å²) in [6.45, 7) is 1.84.